The normalized spacial score (nSPS) is 27.3. The van der Waals surface area contributed by atoms with Gasteiger partial charge in [0.2, 0.25) is 0 Å². The fourth-order valence-electron chi connectivity index (χ4n) is 3.96. The molecule has 0 bridgehead atoms. The first-order valence-electron chi connectivity index (χ1n) is 7.49. The largest absolute Gasteiger partial charge is 0.480 e. The lowest BCUT2D eigenvalue weighted by atomic mass is 9.94. The van der Waals surface area contributed by atoms with Crippen molar-refractivity contribution in [2.75, 3.05) is 6.54 Å². The van der Waals surface area contributed by atoms with Crippen molar-refractivity contribution in [1.29, 1.82) is 0 Å². The van der Waals surface area contributed by atoms with E-state index in [1.54, 1.807) is 18.5 Å². The van der Waals surface area contributed by atoms with E-state index in [0.717, 1.165) is 19.3 Å². The number of fused-ring (bicyclic) bond motifs is 2. The highest BCUT2D eigenvalue weighted by Gasteiger charge is 2.49. The predicted molar refractivity (Wildman–Crippen MR) is 76.3 cm³/mol. The molecule has 0 aromatic carbocycles. The third-order valence-corrected chi connectivity index (χ3v) is 4.91. The lowest BCUT2D eigenvalue weighted by molar-refractivity contribution is -0.142. The molecule has 2 aliphatic rings. The van der Waals surface area contributed by atoms with Gasteiger partial charge in [-0.3, -0.25) is 4.79 Å². The molecule has 114 valence electrons. The Hall–Kier alpha value is -2.44. The molecule has 1 N–H and O–H groups in total. The number of aliphatic carboxylic acids is 1. The summed E-state index contributed by atoms with van der Waals surface area (Å²) in [5, 5.41) is 13.7. The van der Waals surface area contributed by atoms with Crippen LogP contribution in [0.2, 0.25) is 0 Å². The minimum absolute atomic E-state index is 0.0799. The Kier molecular flexibility index (Phi) is 2.88. The molecule has 3 atom stereocenters. The Labute approximate surface area is 126 Å². The van der Waals surface area contributed by atoms with Gasteiger partial charge in [-0.25, -0.2) is 14.3 Å². The molecule has 1 saturated carbocycles. The van der Waals surface area contributed by atoms with Crippen molar-refractivity contribution in [3.8, 4) is 0 Å². The van der Waals surface area contributed by atoms with Crippen LogP contribution in [0.3, 0.4) is 0 Å². The maximum atomic E-state index is 12.8. The molecule has 22 heavy (non-hydrogen) atoms. The summed E-state index contributed by atoms with van der Waals surface area (Å²) >= 11 is 0. The molecule has 3 unspecified atom stereocenters. The Morgan fingerprint density at radius 1 is 1.32 bits per heavy atom. The van der Waals surface area contributed by atoms with E-state index in [2.05, 4.69) is 10.1 Å². The van der Waals surface area contributed by atoms with Crippen LogP contribution in [0.5, 0.6) is 0 Å². The molecule has 1 amide bonds. The molecule has 7 heteroatoms. The first kappa shape index (κ1) is 13.2. The molecule has 1 saturated heterocycles. The van der Waals surface area contributed by atoms with Gasteiger partial charge in [0, 0.05) is 18.9 Å². The topological polar surface area (TPSA) is 87.8 Å². The molecule has 2 fully saturated rings. The maximum absolute atomic E-state index is 12.8. The molecular weight excluding hydrogens is 284 g/mol. The van der Waals surface area contributed by atoms with Crippen molar-refractivity contribution in [2.45, 2.75) is 25.3 Å². The number of hydrogen-bond acceptors (Lipinski definition) is 4. The summed E-state index contributed by atoms with van der Waals surface area (Å²) < 4.78 is 1.53. The Balaban J connectivity index is 1.71. The second-order valence-corrected chi connectivity index (χ2v) is 6.04. The molecule has 0 spiro atoms. The van der Waals surface area contributed by atoms with Gasteiger partial charge in [0.05, 0.1) is 6.20 Å². The third-order valence-electron chi connectivity index (χ3n) is 4.91. The quantitative estimate of drug-likeness (QED) is 0.896. The van der Waals surface area contributed by atoms with Gasteiger partial charge in [-0.1, -0.05) is 6.42 Å². The van der Waals surface area contributed by atoms with Gasteiger partial charge in [-0.05, 0) is 30.7 Å². The SMILES string of the molecule is O=C(O)C1C2CCCC2CN1C(=O)c1cnn2cccnc12. The number of carboxylic acids is 1. The monoisotopic (exact) mass is 300 g/mol. The number of carbonyl (C=O) groups excluding carboxylic acids is 1. The molecule has 7 nitrogen and oxygen atoms in total. The number of carbonyl (C=O) groups is 2. The molecule has 1 aliphatic heterocycles. The number of likely N-dealkylation sites (tertiary alicyclic amines) is 1. The van der Waals surface area contributed by atoms with Crippen LogP contribution in [-0.2, 0) is 4.79 Å². The van der Waals surface area contributed by atoms with E-state index in [9.17, 15) is 14.7 Å². The van der Waals surface area contributed by atoms with Crippen molar-refractivity contribution >= 4 is 17.5 Å². The van der Waals surface area contributed by atoms with Gasteiger partial charge < -0.3 is 10.0 Å². The van der Waals surface area contributed by atoms with E-state index in [1.807, 2.05) is 0 Å². The summed E-state index contributed by atoms with van der Waals surface area (Å²) in [6.07, 6.45) is 7.73. The van der Waals surface area contributed by atoms with Gasteiger partial charge >= 0.3 is 5.97 Å². The van der Waals surface area contributed by atoms with E-state index >= 15 is 0 Å². The van der Waals surface area contributed by atoms with E-state index in [4.69, 9.17) is 0 Å². The van der Waals surface area contributed by atoms with Gasteiger partial charge in [0.25, 0.3) is 5.91 Å². The van der Waals surface area contributed by atoms with E-state index in [0.29, 0.717) is 23.7 Å². The molecule has 0 radical (unpaired) electrons. The average Bonchev–Trinajstić information content (AvgIpc) is 3.19. The van der Waals surface area contributed by atoms with Crippen LogP contribution in [0.4, 0.5) is 0 Å². The second kappa shape index (κ2) is 4.79. The van der Waals surface area contributed by atoms with Crippen LogP contribution < -0.4 is 0 Å². The van der Waals surface area contributed by atoms with Crippen LogP contribution in [0.1, 0.15) is 29.6 Å². The highest BCUT2D eigenvalue weighted by Crippen LogP contribution is 2.42. The van der Waals surface area contributed by atoms with Crippen LogP contribution >= 0.6 is 0 Å². The Morgan fingerprint density at radius 3 is 3.00 bits per heavy atom. The summed E-state index contributed by atoms with van der Waals surface area (Å²) in [7, 11) is 0. The van der Waals surface area contributed by atoms with E-state index in [-0.39, 0.29) is 11.8 Å². The number of carboxylic acid groups (broad SMARTS) is 1. The third kappa shape index (κ3) is 1.81. The summed E-state index contributed by atoms with van der Waals surface area (Å²) in [5.74, 6) is -0.807. The Bertz CT molecular complexity index is 756. The maximum Gasteiger partial charge on any atom is 0.326 e. The lowest BCUT2D eigenvalue weighted by Gasteiger charge is -2.23. The number of nitrogens with zero attached hydrogens (tertiary/aromatic N) is 4. The molecule has 3 heterocycles. The van der Waals surface area contributed by atoms with Gasteiger partial charge in [-0.2, -0.15) is 5.10 Å². The smallest absolute Gasteiger partial charge is 0.326 e. The van der Waals surface area contributed by atoms with Crippen LogP contribution in [-0.4, -0.2) is 49.1 Å². The fourth-order valence-corrected chi connectivity index (χ4v) is 3.96. The van der Waals surface area contributed by atoms with Gasteiger partial charge in [0.15, 0.2) is 5.65 Å². The standard InChI is InChI=1S/C15H16N4O3/c20-14(11-7-17-19-6-2-5-16-13(11)19)18-8-9-3-1-4-10(9)12(18)15(21)22/h2,5-7,9-10,12H,1,3-4,8H2,(H,21,22). The van der Waals surface area contributed by atoms with Gasteiger partial charge in [-0.15, -0.1) is 0 Å². The first-order chi connectivity index (χ1) is 10.7. The Morgan fingerprint density at radius 2 is 2.18 bits per heavy atom. The zero-order valence-corrected chi connectivity index (χ0v) is 11.9. The highest BCUT2D eigenvalue weighted by molar-refractivity contribution is 6.01. The van der Waals surface area contributed by atoms with Crippen molar-refractivity contribution in [3.05, 3.63) is 30.2 Å². The van der Waals surface area contributed by atoms with Crippen LogP contribution in [0.25, 0.3) is 5.65 Å². The zero-order valence-electron chi connectivity index (χ0n) is 11.9. The molecule has 4 rings (SSSR count). The summed E-state index contributed by atoms with van der Waals surface area (Å²) in [6.45, 7) is 0.518. The molecule has 2 aromatic rings. The molecule has 1 aliphatic carbocycles. The zero-order chi connectivity index (χ0) is 15.3. The van der Waals surface area contributed by atoms with Crippen molar-refractivity contribution in [1.82, 2.24) is 19.5 Å². The molecular formula is C15H16N4O3. The number of amides is 1. The van der Waals surface area contributed by atoms with E-state index < -0.39 is 12.0 Å². The van der Waals surface area contributed by atoms with E-state index in [1.165, 1.54) is 15.6 Å². The first-order valence-corrected chi connectivity index (χ1v) is 7.49. The average molecular weight is 300 g/mol. The lowest BCUT2D eigenvalue weighted by Crippen LogP contribution is -2.43. The van der Waals surface area contributed by atoms with Crippen molar-refractivity contribution in [3.63, 3.8) is 0 Å². The number of hydrogen-bond donors (Lipinski definition) is 1. The van der Waals surface area contributed by atoms with Crippen molar-refractivity contribution in [2.24, 2.45) is 11.8 Å². The summed E-state index contributed by atoms with van der Waals surface area (Å²) in [6, 6.07) is 1.01. The summed E-state index contributed by atoms with van der Waals surface area (Å²) in [4.78, 5) is 30.2. The van der Waals surface area contributed by atoms with Gasteiger partial charge in [0.1, 0.15) is 11.6 Å². The second-order valence-electron chi connectivity index (χ2n) is 6.04. The number of rotatable bonds is 2. The highest BCUT2D eigenvalue weighted by atomic mass is 16.4. The fraction of sp³-hybridized carbons (Fsp3) is 0.467. The van der Waals surface area contributed by atoms with Crippen LogP contribution in [0, 0.1) is 11.8 Å². The summed E-state index contributed by atoms with van der Waals surface area (Å²) in [5.41, 5.74) is 0.834. The predicted octanol–water partition coefficient (Wildman–Crippen LogP) is 1.05. The minimum Gasteiger partial charge on any atom is -0.480 e. The number of aromatic nitrogens is 3. The van der Waals surface area contributed by atoms with Crippen molar-refractivity contribution < 1.29 is 14.7 Å². The van der Waals surface area contributed by atoms with Crippen LogP contribution in [0.15, 0.2) is 24.7 Å². The minimum atomic E-state index is -0.910. The molecule has 2 aromatic heterocycles.